The summed E-state index contributed by atoms with van der Waals surface area (Å²) in [6.07, 6.45) is 1.56. The van der Waals surface area contributed by atoms with Crippen molar-refractivity contribution in [2.45, 2.75) is 29.9 Å². The molecule has 0 saturated heterocycles. The molecule has 0 unspecified atom stereocenters. The molecule has 4 aromatic rings. The fourth-order valence-corrected chi connectivity index (χ4v) is 4.72. The Hall–Kier alpha value is -3.81. The molecule has 1 aromatic carbocycles. The maximum absolute atomic E-state index is 11.2. The van der Waals surface area contributed by atoms with Crippen LogP contribution < -0.4 is 26.0 Å². The van der Waals surface area contributed by atoms with Gasteiger partial charge in [-0.3, -0.25) is 10.0 Å². The number of carbonyl (C=O) groups excluding carboxylic acids is 1. The number of hydrogen-bond acceptors (Lipinski definition) is 11. The molecule has 1 aliphatic rings. The molecule has 0 aliphatic carbocycles. The third-order valence-electron chi connectivity index (χ3n) is 5.37. The predicted molar refractivity (Wildman–Crippen MR) is 126 cm³/mol. The minimum Gasteiger partial charge on any atom is -0.461 e. The second-order valence-electron chi connectivity index (χ2n) is 7.73. The zero-order valence-corrected chi connectivity index (χ0v) is 19.6. The molecule has 4 heterocycles. The smallest absolute Gasteiger partial charge is 0.244 e. The highest BCUT2D eigenvalue weighted by molar-refractivity contribution is 7.99. The van der Waals surface area contributed by atoms with E-state index < -0.39 is 5.91 Å². The predicted octanol–water partition coefficient (Wildman–Crippen LogP) is 2.34. The molecule has 5 rings (SSSR count). The van der Waals surface area contributed by atoms with E-state index in [0.717, 1.165) is 16.2 Å². The Balaban J connectivity index is 1.48. The van der Waals surface area contributed by atoms with Crippen LogP contribution in [0.1, 0.15) is 12.2 Å². The molecule has 0 bridgehead atoms. The summed E-state index contributed by atoms with van der Waals surface area (Å²) < 4.78 is 19.0. The van der Waals surface area contributed by atoms with Crippen LogP contribution in [0.4, 0.5) is 5.82 Å². The lowest BCUT2D eigenvalue weighted by Crippen LogP contribution is -2.27. The molecule has 0 atom stereocenters. The first kappa shape index (κ1) is 23.0. The lowest BCUT2D eigenvalue weighted by atomic mass is 10.1. The number of nitrogens with zero attached hydrogens (tertiary/aromatic N) is 4. The summed E-state index contributed by atoms with van der Waals surface area (Å²) in [5.41, 5.74) is 9.66. The Morgan fingerprint density at radius 2 is 2.06 bits per heavy atom. The number of furan rings is 1. The van der Waals surface area contributed by atoms with Gasteiger partial charge in [-0.2, -0.15) is 0 Å². The zero-order valence-electron chi connectivity index (χ0n) is 18.8. The topological polar surface area (TPSA) is 163 Å². The van der Waals surface area contributed by atoms with Crippen LogP contribution in [-0.4, -0.2) is 50.5 Å². The van der Waals surface area contributed by atoms with Crippen molar-refractivity contribution in [2.24, 2.45) is 0 Å². The van der Waals surface area contributed by atoms with Gasteiger partial charge in [0.2, 0.25) is 12.7 Å². The summed E-state index contributed by atoms with van der Waals surface area (Å²) in [7, 11) is 0. The molecule has 12 nitrogen and oxygen atoms in total. The molecule has 35 heavy (non-hydrogen) atoms. The van der Waals surface area contributed by atoms with Crippen LogP contribution >= 0.6 is 11.8 Å². The van der Waals surface area contributed by atoms with Crippen LogP contribution in [0.2, 0.25) is 0 Å². The van der Waals surface area contributed by atoms with Gasteiger partial charge in [-0.05, 0) is 31.2 Å². The number of benzene rings is 1. The lowest BCUT2D eigenvalue weighted by molar-refractivity contribution is -0.129. The van der Waals surface area contributed by atoms with Crippen molar-refractivity contribution in [1.29, 1.82) is 0 Å². The van der Waals surface area contributed by atoms with E-state index in [-0.39, 0.29) is 19.0 Å². The van der Waals surface area contributed by atoms with Crippen LogP contribution in [0, 0.1) is 6.92 Å². The summed E-state index contributed by atoms with van der Waals surface area (Å²) in [5, 5.41) is 12.5. The first-order chi connectivity index (χ1) is 17.0. The molecule has 0 radical (unpaired) electrons. The van der Waals surface area contributed by atoms with Crippen LogP contribution in [-0.2, 0) is 11.3 Å². The third kappa shape index (κ3) is 4.73. The molecule has 1 aliphatic heterocycles. The number of aryl methyl sites for hydroxylation is 1. The number of hydrogen-bond donors (Lipinski definition) is 4. The van der Waals surface area contributed by atoms with Gasteiger partial charge in [-0.25, -0.2) is 20.4 Å². The van der Waals surface area contributed by atoms with Crippen molar-refractivity contribution in [1.82, 2.24) is 30.3 Å². The minimum absolute atomic E-state index is 0.154. The Kier molecular flexibility index (Phi) is 6.44. The lowest BCUT2D eigenvalue weighted by Gasteiger charge is -2.12. The fraction of sp³-hybridized carbons (Fsp3) is 0.273. The average molecular weight is 498 g/mol. The molecule has 3 aromatic heterocycles. The van der Waals surface area contributed by atoms with Crippen molar-refractivity contribution >= 4 is 34.7 Å². The van der Waals surface area contributed by atoms with E-state index in [1.54, 1.807) is 5.48 Å². The van der Waals surface area contributed by atoms with E-state index in [4.69, 9.17) is 29.8 Å². The quantitative estimate of drug-likeness (QED) is 0.152. The highest BCUT2D eigenvalue weighted by Gasteiger charge is 2.23. The van der Waals surface area contributed by atoms with Crippen LogP contribution in [0.25, 0.3) is 22.5 Å². The Morgan fingerprint density at radius 1 is 1.23 bits per heavy atom. The highest BCUT2D eigenvalue weighted by Crippen LogP contribution is 2.45. The molecular formula is C22H23N7O5S. The number of carbonyl (C=O) groups is 1. The number of nitrogens with one attached hydrogen (secondary N) is 2. The molecule has 5 N–H and O–H groups in total. The molecule has 0 spiro atoms. The van der Waals surface area contributed by atoms with Crippen molar-refractivity contribution in [3.63, 3.8) is 0 Å². The van der Waals surface area contributed by atoms with Gasteiger partial charge in [0, 0.05) is 36.5 Å². The second-order valence-corrected chi connectivity index (χ2v) is 8.74. The number of anilines is 1. The Labute approximate surface area is 203 Å². The van der Waals surface area contributed by atoms with Gasteiger partial charge in [0.05, 0.1) is 0 Å². The van der Waals surface area contributed by atoms with Crippen LogP contribution in [0.5, 0.6) is 11.5 Å². The normalized spacial score (nSPS) is 12.4. The summed E-state index contributed by atoms with van der Waals surface area (Å²) >= 11 is 1.43. The number of nitrogens with two attached hydrogens (primary N) is 1. The van der Waals surface area contributed by atoms with Crippen molar-refractivity contribution in [2.75, 3.05) is 25.6 Å². The number of fused-ring (bicyclic) bond motifs is 2. The Bertz CT molecular complexity index is 1390. The van der Waals surface area contributed by atoms with Crippen LogP contribution in [0.15, 0.2) is 45.1 Å². The number of nitrogen functional groups attached to an aromatic ring is 1. The monoisotopic (exact) mass is 497 g/mol. The van der Waals surface area contributed by atoms with E-state index in [1.807, 2.05) is 35.8 Å². The number of hydroxylamine groups is 1. The van der Waals surface area contributed by atoms with E-state index in [2.05, 4.69) is 15.3 Å². The second kappa shape index (κ2) is 9.82. The van der Waals surface area contributed by atoms with E-state index >= 15 is 0 Å². The number of rotatable bonds is 9. The minimum atomic E-state index is -0.453. The maximum Gasteiger partial charge on any atom is 0.244 e. The number of ether oxygens (including phenoxy) is 2. The maximum atomic E-state index is 11.2. The number of imidazole rings is 1. The number of aromatic nitrogens is 4. The summed E-state index contributed by atoms with van der Waals surface area (Å²) in [6.45, 7) is 3.50. The third-order valence-corrected chi connectivity index (χ3v) is 6.42. The van der Waals surface area contributed by atoms with Crippen molar-refractivity contribution < 1.29 is 23.9 Å². The highest BCUT2D eigenvalue weighted by atomic mass is 32.2. The Morgan fingerprint density at radius 3 is 2.83 bits per heavy atom. The van der Waals surface area contributed by atoms with Gasteiger partial charge >= 0.3 is 0 Å². The van der Waals surface area contributed by atoms with E-state index in [1.165, 1.54) is 18.1 Å². The molecule has 0 saturated carbocycles. The van der Waals surface area contributed by atoms with Gasteiger partial charge in [-0.1, -0.05) is 11.8 Å². The summed E-state index contributed by atoms with van der Waals surface area (Å²) in [5.74, 6) is 2.63. The summed E-state index contributed by atoms with van der Waals surface area (Å²) in [6, 6.07) is 7.63. The average Bonchev–Trinajstić information content (AvgIpc) is 3.57. The SMILES string of the molecule is Cc1ccc(-c2cc3c(cc2Sc2nc4c(N)ncnc4n2CCNCCC(=O)NO)OCO3)o1. The first-order valence-electron chi connectivity index (χ1n) is 10.8. The van der Waals surface area contributed by atoms with Crippen LogP contribution in [0.3, 0.4) is 0 Å². The van der Waals surface area contributed by atoms with Gasteiger partial charge in [0.1, 0.15) is 17.8 Å². The van der Waals surface area contributed by atoms with Gasteiger partial charge in [0.25, 0.3) is 0 Å². The molecular weight excluding hydrogens is 474 g/mol. The number of amides is 1. The van der Waals surface area contributed by atoms with Gasteiger partial charge in [0.15, 0.2) is 33.6 Å². The van der Waals surface area contributed by atoms with E-state index in [9.17, 15) is 4.79 Å². The van der Waals surface area contributed by atoms with Crippen molar-refractivity contribution in [3.8, 4) is 22.8 Å². The molecule has 182 valence electrons. The fourth-order valence-electron chi connectivity index (χ4n) is 3.67. The van der Waals surface area contributed by atoms with Gasteiger partial charge in [-0.15, -0.1) is 0 Å². The molecule has 0 fully saturated rings. The van der Waals surface area contributed by atoms with E-state index in [0.29, 0.717) is 53.2 Å². The first-order valence-corrected chi connectivity index (χ1v) is 11.6. The van der Waals surface area contributed by atoms with Gasteiger partial charge < -0.3 is 29.5 Å². The standard InChI is InChI=1S/C22H23N7O5S/c1-12-2-3-14(34-12)13-8-15-16(33-11-32-15)9-17(13)35-22-27-19-20(23)25-10-26-21(19)29(22)7-6-24-5-4-18(30)28-31/h2-3,8-10,24,31H,4-7,11H2,1H3,(H,28,30)(H2,23,25,26). The molecule has 1 amide bonds. The zero-order chi connectivity index (χ0) is 24.4. The van der Waals surface area contributed by atoms with Crippen molar-refractivity contribution in [3.05, 3.63) is 36.4 Å². The summed E-state index contributed by atoms with van der Waals surface area (Å²) in [4.78, 5) is 25.3. The molecule has 13 heteroatoms. The largest absolute Gasteiger partial charge is 0.461 e.